The van der Waals surface area contributed by atoms with Crippen molar-refractivity contribution in [2.45, 2.75) is 38.3 Å². The second kappa shape index (κ2) is 11.3. The Balaban J connectivity index is 1.26. The first kappa shape index (κ1) is 28.1. The van der Waals surface area contributed by atoms with E-state index in [-0.39, 0.29) is 30.7 Å². The van der Waals surface area contributed by atoms with Crippen LogP contribution < -0.4 is 14.8 Å². The zero-order valence-corrected chi connectivity index (χ0v) is 24.4. The second-order valence-electron chi connectivity index (χ2n) is 11.5. The Morgan fingerprint density at radius 3 is 2.60 bits per heavy atom. The summed E-state index contributed by atoms with van der Waals surface area (Å²) in [6.45, 7) is 4.85. The lowest BCUT2D eigenvalue weighted by Gasteiger charge is -2.54. The fourth-order valence-corrected chi connectivity index (χ4v) is 7.02. The Bertz CT molecular complexity index is 1510. The van der Waals surface area contributed by atoms with E-state index in [2.05, 4.69) is 16.4 Å². The van der Waals surface area contributed by atoms with Gasteiger partial charge in [-0.3, -0.25) is 14.4 Å². The monoisotopic (exact) mass is 574 g/mol. The van der Waals surface area contributed by atoms with Gasteiger partial charge in [0.1, 0.15) is 0 Å². The van der Waals surface area contributed by atoms with Gasteiger partial charge in [0.15, 0.2) is 11.5 Å². The molecule has 0 spiro atoms. The van der Waals surface area contributed by atoms with Gasteiger partial charge >= 0.3 is 0 Å². The Morgan fingerprint density at radius 2 is 1.83 bits per heavy atom. The van der Waals surface area contributed by atoms with E-state index in [4.69, 9.17) is 14.2 Å². The minimum absolute atomic E-state index is 0.0144. The largest absolute Gasteiger partial charge is 0.493 e. The first-order chi connectivity index (χ1) is 20.3. The molecule has 0 bridgehead atoms. The summed E-state index contributed by atoms with van der Waals surface area (Å²) in [6.07, 6.45) is 1.02. The number of piperidine rings is 1. The normalized spacial score (nSPS) is 23.7. The van der Waals surface area contributed by atoms with Gasteiger partial charge in [0.25, 0.3) is 0 Å². The van der Waals surface area contributed by atoms with Gasteiger partial charge in [-0.05, 0) is 49.1 Å². The molecule has 2 N–H and O–H groups in total. The maximum Gasteiger partial charge on any atom is 0.228 e. The van der Waals surface area contributed by atoms with E-state index >= 15 is 0 Å². The van der Waals surface area contributed by atoms with Gasteiger partial charge in [-0.2, -0.15) is 0 Å². The molecule has 222 valence electrons. The summed E-state index contributed by atoms with van der Waals surface area (Å²) in [5, 5.41) is 4.09. The predicted molar refractivity (Wildman–Crippen MR) is 156 cm³/mol. The van der Waals surface area contributed by atoms with Crippen molar-refractivity contribution in [2.24, 2.45) is 11.8 Å². The number of carbonyl (C=O) groups excluding carboxylic acids is 3. The molecule has 3 amide bonds. The lowest BCUT2D eigenvalue weighted by molar-refractivity contribution is -0.166. The van der Waals surface area contributed by atoms with Crippen LogP contribution in [-0.4, -0.2) is 79.6 Å². The number of rotatable bonds is 7. The van der Waals surface area contributed by atoms with Crippen LogP contribution in [0, 0.1) is 11.8 Å². The molecule has 2 fully saturated rings. The number of hydrogen-bond donors (Lipinski definition) is 2. The Kier molecular flexibility index (Phi) is 7.57. The molecule has 42 heavy (non-hydrogen) atoms. The number of aromatic amines is 1. The van der Waals surface area contributed by atoms with Gasteiger partial charge in [0, 0.05) is 55.1 Å². The number of nitrogens with zero attached hydrogens (tertiary/aromatic N) is 2. The lowest BCUT2D eigenvalue weighted by atomic mass is 9.67. The fourth-order valence-electron chi connectivity index (χ4n) is 7.02. The van der Waals surface area contributed by atoms with Crippen LogP contribution in [-0.2, 0) is 37.6 Å². The summed E-state index contributed by atoms with van der Waals surface area (Å²) in [5.74, 6) is -0.188. The molecule has 0 radical (unpaired) electrons. The number of hydrogen-bond acceptors (Lipinski definition) is 6. The Hall–Kier alpha value is -4.05. The molecule has 1 aromatic heterocycles. The fraction of sp³-hybridized carbons (Fsp3) is 0.469. The average Bonchev–Trinajstić information content (AvgIpc) is 3.41. The van der Waals surface area contributed by atoms with Gasteiger partial charge in [0.05, 0.1) is 38.9 Å². The van der Waals surface area contributed by atoms with E-state index in [1.807, 2.05) is 47.1 Å². The number of amides is 3. The van der Waals surface area contributed by atoms with Crippen molar-refractivity contribution in [1.29, 1.82) is 0 Å². The molecule has 6 rings (SSSR count). The minimum Gasteiger partial charge on any atom is -0.493 e. The van der Waals surface area contributed by atoms with Crippen LogP contribution in [0.5, 0.6) is 11.5 Å². The van der Waals surface area contributed by atoms with Crippen LogP contribution in [0.2, 0.25) is 0 Å². The van der Waals surface area contributed by atoms with Crippen molar-refractivity contribution in [2.75, 3.05) is 47.1 Å². The maximum absolute atomic E-state index is 14.2. The van der Waals surface area contributed by atoms with Crippen molar-refractivity contribution >= 4 is 28.6 Å². The summed E-state index contributed by atoms with van der Waals surface area (Å²) in [4.78, 5) is 48.7. The zero-order valence-electron chi connectivity index (χ0n) is 24.4. The molecular weight excluding hydrogens is 536 g/mol. The summed E-state index contributed by atoms with van der Waals surface area (Å²) in [5.41, 5.74) is 3.12. The van der Waals surface area contributed by atoms with Crippen LogP contribution in [0.15, 0.2) is 42.5 Å². The number of H-pyrrole nitrogens is 1. The molecule has 0 aliphatic carbocycles. The molecule has 2 aromatic carbocycles. The van der Waals surface area contributed by atoms with E-state index < -0.39 is 17.4 Å². The standard InChI is InChI=1S/C32H38N4O6/c1-32-24(31(39)35-12-14-42-15-13-35)17-21(18-28(37)33-19-20-8-9-26(40-2)27(16-20)41-3)30(38)36(32)11-10-23-22-6-4-5-7-25(22)34-29(23)32/h4-9,16,21,24,34H,10-15,17-19H2,1-3H3,(H,33,37)/t21?,24-,32+/m1/s1. The average molecular weight is 575 g/mol. The summed E-state index contributed by atoms with van der Waals surface area (Å²) < 4.78 is 16.2. The molecular formula is C32H38N4O6. The number of nitrogens with one attached hydrogen (secondary N) is 2. The lowest BCUT2D eigenvalue weighted by Crippen LogP contribution is -2.65. The molecule has 3 aliphatic heterocycles. The van der Waals surface area contributed by atoms with Gasteiger partial charge in [-0.15, -0.1) is 0 Å². The van der Waals surface area contributed by atoms with E-state index in [9.17, 15) is 14.4 Å². The summed E-state index contributed by atoms with van der Waals surface area (Å²) in [7, 11) is 3.14. The van der Waals surface area contributed by atoms with Crippen LogP contribution in [0.4, 0.5) is 0 Å². The first-order valence-electron chi connectivity index (χ1n) is 14.6. The molecule has 0 saturated carbocycles. The highest BCUT2D eigenvalue weighted by Gasteiger charge is 2.57. The summed E-state index contributed by atoms with van der Waals surface area (Å²) in [6, 6.07) is 13.6. The van der Waals surface area contributed by atoms with E-state index in [0.717, 1.165) is 22.2 Å². The zero-order chi connectivity index (χ0) is 29.4. The van der Waals surface area contributed by atoms with Crippen molar-refractivity contribution in [3.05, 3.63) is 59.3 Å². The van der Waals surface area contributed by atoms with Crippen molar-refractivity contribution in [3.63, 3.8) is 0 Å². The number of fused-ring (bicyclic) bond motifs is 5. The summed E-state index contributed by atoms with van der Waals surface area (Å²) >= 11 is 0. The van der Waals surface area contributed by atoms with E-state index in [1.54, 1.807) is 20.3 Å². The van der Waals surface area contributed by atoms with Gasteiger partial charge < -0.3 is 34.3 Å². The molecule has 3 aliphatic rings. The van der Waals surface area contributed by atoms with Crippen LogP contribution >= 0.6 is 0 Å². The highest BCUT2D eigenvalue weighted by Crippen LogP contribution is 2.50. The van der Waals surface area contributed by atoms with Crippen molar-refractivity contribution in [3.8, 4) is 11.5 Å². The van der Waals surface area contributed by atoms with Crippen molar-refractivity contribution < 1.29 is 28.6 Å². The van der Waals surface area contributed by atoms with Crippen LogP contribution in [0.1, 0.15) is 36.6 Å². The highest BCUT2D eigenvalue weighted by atomic mass is 16.5. The highest BCUT2D eigenvalue weighted by molar-refractivity contribution is 5.93. The number of benzene rings is 2. The SMILES string of the molecule is COc1ccc(CNC(=O)CC2C[C@H](C(=O)N3CCOCC3)[C@@]3(C)c4[nH]c5ccccc5c4CCN3C2=O)cc1OC. The third-order valence-electron chi connectivity index (χ3n) is 9.27. The molecule has 3 aromatic rings. The molecule has 10 heteroatoms. The second-order valence-corrected chi connectivity index (χ2v) is 11.5. The number of ether oxygens (including phenoxy) is 3. The minimum atomic E-state index is -0.842. The van der Waals surface area contributed by atoms with E-state index in [1.165, 1.54) is 5.56 Å². The van der Waals surface area contributed by atoms with Crippen molar-refractivity contribution in [1.82, 2.24) is 20.1 Å². The van der Waals surface area contributed by atoms with Gasteiger partial charge in [-0.25, -0.2) is 0 Å². The molecule has 4 heterocycles. The third-order valence-corrected chi connectivity index (χ3v) is 9.27. The Morgan fingerprint density at radius 1 is 1.07 bits per heavy atom. The number of para-hydroxylation sites is 1. The molecule has 10 nitrogen and oxygen atoms in total. The van der Waals surface area contributed by atoms with Gasteiger partial charge in [-0.1, -0.05) is 24.3 Å². The molecule has 2 saturated heterocycles. The molecule has 3 atom stereocenters. The Labute approximate surface area is 245 Å². The first-order valence-corrected chi connectivity index (χ1v) is 14.6. The quantitative estimate of drug-likeness (QED) is 0.449. The van der Waals surface area contributed by atoms with Gasteiger partial charge in [0.2, 0.25) is 17.7 Å². The smallest absolute Gasteiger partial charge is 0.228 e. The van der Waals surface area contributed by atoms with Crippen LogP contribution in [0.25, 0.3) is 10.9 Å². The topological polar surface area (TPSA) is 113 Å². The number of morpholine rings is 1. The number of aromatic nitrogens is 1. The van der Waals surface area contributed by atoms with E-state index in [0.29, 0.717) is 57.2 Å². The molecule has 1 unspecified atom stereocenters. The predicted octanol–water partition coefficient (Wildman–Crippen LogP) is 2.99. The maximum atomic E-state index is 14.2. The number of methoxy groups -OCH3 is 2. The van der Waals surface area contributed by atoms with Crippen LogP contribution in [0.3, 0.4) is 0 Å². The third kappa shape index (κ3) is 4.77. The number of carbonyl (C=O) groups is 3.